The fourth-order valence-corrected chi connectivity index (χ4v) is 1.44. The number of carbonyl (C=O) groups excluding carboxylic acids is 1. The third-order valence-electron chi connectivity index (χ3n) is 2.50. The topological polar surface area (TPSA) is 94.5 Å². The van der Waals surface area contributed by atoms with Gasteiger partial charge in [0.25, 0.3) is 5.91 Å². The van der Waals surface area contributed by atoms with Gasteiger partial charge >= 0.3 is 0 Å². The number of benzene rings is 1. The Kier molecular flexibility index (Phi) is 3.97. The van der Waals surface area contributed by atoms with Crippen molar-refractivity contribution in [1.29, 1.82) is 0 Å². The largest absolute Gasteiger partial charge is 0.492 e. The fraction of sp³-hybridized carbons (Fsp3) is 0.250. The van der Waals surface area contributed by atoms with Gasteiger partial charge in [-0.1, -0.05) is 18.2 Å². The van der Waals surface area contributed by atoms with E-state index in [1.54, 1.807) is 7.05 Å². The van der Waals surface area contributed by atoms with Crippen LogP contribution < -0.4 is 10.5 Å². The van der Waals surface area contributed by atoms with Crippen molar-refractivity contribution in [3.63, 3.8) is 0 Å². The Morgan fingerprint density at radius 2 is 2.11 bits per heavy atom. The Hall–Kier alpha value is -2.57. The van der Waals surface area contributed by atoms with Crippen LogP contribution in [0.3, 0.4) is 0 Å². The van der Waals surface area contributed by atoms with Crippen molar-refractivity contribution in [2.24, 2.45) is 0 Å². The normalized spacial score (nSPS) is 10.2. The lowest BCUT2D eigenvalue weighted by Gasteiger charge is -2.15. The van der Waals surface area contributed by atoms with E-state index < -0.39 is 0 Å². The van der Waals surface area contributed by atoms with Crippen LogP contribution in [0, 0.1) is 0 Å². The minimum absolute atomic E-state index is 0.0131. The van der Waals surface area contributed by atoms with Crippen LogP contribution in [-0.4, -0.2) is 41.3 Å². The van der Waals surface area contributed by atoms with Crippen LogP contribution in [0.2, 0.25) is 0 Å². The Bertz CT molecular complexity index is 541. The van der Waals surface area contributed by atoms with Crippen LogP contribution in [0.25, 0.3) is 0 Å². The summed E-state index contributed by atoms with van der Waals surface area (Å²) in [6, 6.07) is 9.36. The van der Waals surface area contributed by atoms with E-state index in [0.29, 0.717) is 13.2 Å². The molecule has 0 fully saturated rings. The second-order valence-electron chi connectivity index (χ2n) is 3.89. The number of nitrogens with two attached hydrogens (primary N) is 1. The summed E-state index contributed by atoms with van der Waals surface area (Å²) in [7, 11) is 1.63. The first-order chi connectivity index (χ1) is 9.18. The third kappa shape index (κ3) is 3.21. The molecule has 0 saturated heterocycles. The summed E-state index contributed by atoms with van der Waals surface area (Å²) in [5, 5.41) is 6.82. The van der Waals surface area contributed by atoms with Crippen molar-refractivity contribution in [1.82, 2.24) is 15.2 Å². The molecule has 0 atom stereocenters. The molecule has 0 aliphatic carbocycles. The van der Waals surface area contributed by atoms with E-state index in [2.05, 4.69) is 14.9 Å². The lowest BCUT2D eigenvalue weighted by Crippen LogP contribution is -2.31. The van der Waals surface area contributed by atoms with Crippen LogP contribution >= 0.6 is 0 Å². The lowest BCUT2D eigenvalue weighted by atomic mass is 10.3. The summed E-state index contributed by atoms with van der Waals surface area (Å²) in [4.78, 5) is 13.3. The predicted octanol–water partition coefficient (Wildman–Crippen LogP) is 0.803. The molecule has 2 N–H and O–H groups in total. The highest BCUT2D eigenvalue weighted by Crippen LogP contribution is 2.09. The maximum absolute atomic E-state index is 11.9. The van der Waals surface area contributed by atoms with Crippen molar-refractivity contribution in [3.8, 4) is 5.75 Å². The fourth-order valence-electron chi connectivity index (χ4n) is 1.44. The Morgan fingerprint density at radius 1 is 1.37 bits per heavy atom. The molecule has 0 unspecified atom stereocenters. The van der Waals surface area contributed by atoms with Crippen molar-refractivity contribution < 1.29 is 14.2 Å². The van der Waals surface area contributed by atoms with Crippen molar-refractivity contribution >= 4 is 11.7 Å². The molecule has 2 rings (SSSR count). The number of hydrogen-bond acceptors (Lipinski definition) is 6. The first kappa shape index (κ1) is 12.9. The zero-order valence-electron chi connectivity index (χ0n) is 10.4. The van der Waals surface area contributed by atoms with E-state index in [1.807, 2.05) is 30.3 Å². The van der Waals surface area contributed by atoms with Gasteiger partial charge in [0.2, 0.25) is 11.5 Å². The smallest absolute Gasteiger partial charge is 0.279 e. The van der Waals surface area contributed by atoms with E-state index in [4.69, 9.17) is 10.5 Å². The van der Waals surface area contributed by atoms with Gasteiger partial charge in [-0.25, -0.2) is 4.63 Å². The summed E-state index contributed by atoms with van der Waals surface area (Å²) in [5.41, 5.74) is 5.47. The zero-order chi connectivity index (χ0) is 13.7. The second kappa shape index (κ2) is 5.85. The number of hydrogen-bond donors (Lipinski definition) is 1. The molecule has 100 valence electrons. The number of carbonyl (C=O) groups is 1. The molecule has 1 heterocycles. The Morgan fingerprint density at radius 3 is 2.74 bits per heavy atom. The summed E-state index contributed by atoms with van der Waals surface area (Å²) in [5.74, 6) is 0.391. The van der Waals surface area contributed by atoms with Gasteiger partial charge in [-0.05, 0) is 22.4 Å². The molecule has 2 aromatic rings. The summed E-state index contributed by atoms with van der Waals surface area (Å²) < 4.78 is 9.88. The van der Waals surface area contributed by atoms with E-state index >= 15 is 0 Å². The van der Waals surface area contributed by atoms with Gasteiger partial charge in [-0.15, -0.1) is 0 Å². The highest BCUT2D eigenvalue weighted by molar-refractivity contribution is 5.95. The van der Waals surface area contributed by atoms with Crippen LogP contribution in [0.4, 0.5) is 5.82 Å². The Balaban J connectivity index is 1.83. The van der Waals surface area contributed by atoms with Crippen molar-refractivity contribution in [3.05, 3.63) is 36.0 Å². The van der Waals surface area contributed by atoms with Crippen LogP contribution in [0.15, 0.2) is 35.0 Å². The first-order valence-corrected chi connectivity index (χ1v) is 5.70. The molecular formula is C12H14N4O3. The number of nitrogen functional groups attached to an aromatic ring is 1. The summed E-state index contributed by atoms with van der Waals surface area (Å²) >= 11 is 0. The average Bonchev–Trinajstić information content (AvgIpc) is 2.85. The number of anilines is 1. The third-order valence-corrected chi connectivity index (χ3v) is 2.50. The standard InChI is InChI=1S/C12H14N4O3/c1-16(12(17)10-11(13)15-19-14-10)7-8-18-9-5-3-2-4-6-9/h2-6H,7-8H2,1H3,(H2,13,15). The van der Waals surface area contributed by atoms with E-state index in [0.717, 1.165) is 5.75 Å². The number of aromatic nitrogens is 2. The number of ether oxygens (including phenoxy) is 1. The number of amides is 1. The predicted molar refractivity (Wildman–Crippen MR) is 67.6 cm³/mol. The lowest BCUT2D eigenvalue weighted by molar-refractivity contribution is 0.0763. The minimum atomic E-state index is -0.351. The molecule has 1 amide bonds. The van der Waals surface area contributed by atoms with Gasteiger partial charge < -0.3 is 15.4 Å². The van der Waals surface area contributed by atoms with Gasteiger partial charge in [0.1, 0.15) is 12.4 Å². The van der Waals surface area contributed by atoms with Gasteiger partial charge in [0.05, 0.1) is 6.54 Å². The maximum Gasteiger partial charge on any atom is 0.279 e. The second-order valence-corrected chi connectivity index (χ2v) is 3.89. The number of para-hydroxylation sites is 1. The van der Waals surface area contributed by atoms with Crippen molar-refractivity contribution in [2.45, 2.75) is 0 Å². The number of nitrogens with zero attached hydrogens (tertiary/aromatic N) is 3. The molecule has 1 aromatic carbocycles. The minimum Gasteiger partial charge on any atom is -0.492 e. The zero-order valence-corrected chi connectivity index (χ0v) is 10.4. The number of rotatable bonds is 5. The van der Waals surface area contributed by atoms with E-state index in [1.165, 1.54) is 4.90 Å². The maximum atomic E-state index is 11.9. The first-order valence-electron chi connectivity index (χ1n) is 5.70. The van der Waals surface area contributed by atoms with Crippen molar-refractivity contribution in [2.75, 3.05) is 25.9 Å². The van der Waals surface area contributed by atoms with E-state index in [9.17, 15) is 4.79 Å². The highest BCUT2D eigenvalue weighted by atomic mass is 16.6. The summed E-state index contributed by atoms with van der Waals surface area (Å²) in [6.45, 7) is 0.775. The molecule has 0 radical (unpaired) electrons. The average molecular weight is 262 g/mol. The number of likely N-dealkylation sites (N-methyl/N-ethyl adjacent to an activating group) is 1. The van der Waals surface area contributed by atoms with Gasteiger partial charge in [-0.3, -0.25) is 4.79 Å². The molecule has 7 heteroatoms. The highest BCUT2D eigenvalue weighted by Gasteiger charge is 2.19. The van der Waals surface area contributed by atoms with Gasteiger partial charge in [0.15, 0.2) is 0 Å². The van der Waals surface area contributed by atoms with Crippen LogP contribution in [0.5, 0.6) is 5.75 Å². The monoisotopic (exact) mass is 262 g/mol. The molecule has 0 aliphatic rings. The van der Waals surface area contributed by atoms with Gasteiger partial charge in [-0.2, -0.15) is 0 Å². The van der Waals surface area contributed by atoms with Crippen LogP contribution in [-0.2, 0) is 0 Å². The molecule has 0 bridgehead atoms. The Labute approximate surface area is 109 Å². The molecule has 0 saturated carbocycles. The van der Waals surface area contributed by atoms with Crippen LogP contribution in [0.1, 0.15) is 10.5 Å². The van der Waals surface area contributed by atoms with Gasteiger partial charge in [0, 0.05) is 7.05 Å². The summed E-state index contributed by atoms with van der Waals surface area (Å²) in [6.07, 6.45) is 0. The molecule has 1 aromatic heterocycles. The quantitative estimate of drug-likeness (QED) is 0.856. The molecular weight excluding hydrogens is 248 g/mol. The molecule has 7 nitrogen and oxygen atoms in total. The molecule has 19 heavy (non-hydrogen) atoms. The molecule has 0 aliphatic heterocycles. The van der Waals surface area contributed by atoms with E-state index in [-0.39, 0.29) is 17.4 Å². The molecule has 0 spiro atoms. The SMILES string of the molecule is CN(CCOc1ccccc1)C(=O)c1nonc1N.